The minimum atomic E-state index is 0.343. The summed E-state index contributed by atoms with van der Waals surface area (Å²) in [7, 11) is 0. The molecule has 0 bridgehead atoms. The second-order valence-corrected chi connectivity index (χ2v) is 3.39. The second kappa shape index (κ2) is 6.39. The van der Waals surface area contributed by atoms with Gasteiger partial charge in [0.05, 0.1) is 0 Å². The number of hydrogen-bond donors (Lipinski definition) is 2. The van der Waals surface area contributed by atoms with Gasteiger partial charge < -0.3 is 11.5 Å². The Hall–Kier alpha value is 0.270. The minimum Gasteiger partial charge on any atom is -0.330 e. The van der Waals surface area contributed by atoms with Gasteiger partial charge in [-0.15, -0.1) is 0 Å². The summed E-state index contributed by atoms with van der Waals surface area (Å²) in [4.78, 5) is 0. The number of thioether (sulfide) groups is 1. The Kier molecular flexibility index (Phi) is 6.58. The van der Waals surface area contributed by atoms with Crippen molar-refractivity contribution in [3.05, 3.63) is 0 Å². The molecule has 4 N–H and O–H groups in total. The van der Waals surface area contributed by atoms with Crippen LogP contribution < -0.4 is 11.5 Å². The molecule has 1 atom stereocenters. The molecule has 0 saturated carbocycles. The summed E-state index contributed by atoms with van der Waals surface area (Å²) in [6.07, 6.45) is 1.10. The largest absolute Gasteiger partial charge is 0.330 e. The Bertz CT molecular complexity index is 57.0. The molecular formula is C6H16N2S. The van der Waals surface area contributed by atoms with Crippen molar-refractivity contribution in [1.29, 1.82) is 0 Å². The highest BCUT2D eigenvalue weighted by Crippen LogP contribution is 2.01. The Morgan fingerprint density at radius 2 is 2.11 bits per heavy atom. The van der Waals surface area contributed by atoms with Crippen molar-refractivity contribution in [1.82, 2.24) is 0 Å². The molecule has 0 aliphatic carbocycles. The Morgan fingerprint density at radius 3 is 2.56 bits per heavy atom. The first-order valence-electron chi connectivity index (χ1n) is 3.30. The van der Waals surface area contributed by atoms with Crippen LogP contribution in [0.15, 0.2) is 0 Å². The molecular weight excluding hydrogens is 132 g/mol. The number of nitrogens with two attached hydrogens (primary N) is 2. The molecule has 0 aromatic rings. The zero-order chi connectivity index (χ0) is 7.11. The molecule has 0 aromatic carbocycles. The van der Waals surface area contributed by atoms with E-state index >= 15 is 0 Å². The van der Waals surface area contributed by atoms with E-state index in [0.29, 0.717) is 6.04 Å². The van der Waals surface area contributed by atoms with Crippen LogP contribution in [0.1, 0.15) is 13.3 Å². The van der Waals surface area contributed by atoms with Crippen molar-refractivity contribution in [2.45, 2.75) is 19.4 Å². The smallest absolute Gasteiger partial charge is 0.00558 e. The van der Waals surface area contributed by atoms with Gasteiger partial charge in [0, 0.05) is 18.3 Å². The van der Waals surface area contributed by atoms with Gasteiger partial charge in [-0.25, -0.2) is 0 Å². The first-order chi connectivity index (χ1) is 4.27. The van der Waals surface area contributed by atoms with Crippen molar-refractivity contribution in [2.75, 3.05) is 18.1 Å². The quantitative estimate of drug-likeness (QED) is 0.555. The molecule has 0 amide bonds. The molecule has 0 saturated heterocycles. The van der Waals surface area contributed by atoms with Crippen molar-refractivity contribution in [3.8, 4) is 0 Å². The summed E-state index contributed by atoms with van der Waals surface area (Å²) in [5.74, 6) is 2.21. The summed E-state index contributed by atoms with van der Waals surface area (Å²) < 4.78 is 0. The Morgan fingerprint density at radius 1 is 1.44 bits per heavy atom. The van der Waals surface area contributed by atoms with E-state index in [1.54, 1.807) is 0 Å². The predicted molar refractivity (Wildman–Crippen MR) is 44.6 cm³/mol. The molecule has 1 unspecified atom stereocenters. The lowest BCUT2D eigenvalue weighted by Gasteiger charge is -2.02. The lowest BCUT2D eigenvalue weighted by molar-refractivity contribution is 0.721. The topological polar surface area (TPSA) is 52.0 Å². The maximum Gasteiger partial charge on any atom is 0.00558 e. The molecule has 2 nitrogen and oxygen atoms in total. The SMILES string of the molecule is CC(N)CCSCCN. The van der Waals surface area contributed by atoms with E-state index in [0.717, 1.165) is 24.5 Å². The number of hydrogen-bond acceptors (Lipinski definition) is 3. The highest BCUT2D eigenvalue weighted by Gasteiger charge is 1.92. The van der Waals surface area contributed by atoms with Crippen LogP contribution in [0, 0.1) is 0 Å². The monoisotopic (exact) mass is 148 g/mol. The van der Waals surface area contributed by atoms with Gasteiger partial charge in [0.1, 0.15) is 0 Å². The lowest BCUT2D eigenvalue weighted by Crippen LogP contribution is -2.15. The standard InChI is InChI=1S/C6H16N2S/c1-6(8)2-4-9-5-3-7/h6H,2-5,7-8H2,1H3. The van der Waals surface area contributed by atoms with E-state index in [1.807, 2.05) is 18.7 Å². The molecule has 0 aliphatic rings. The predicted octanol–water partition coefficient (Wildman–Crippen LogP) is 0.416. The van der Waals surface area contributed by atoms with Crippen LogP contribution in [-0.2, 0) is 0 Å². The van der Waals surface area contributed by atoms with Crippen LogP contribution in [0.4, 0.5) is 0 Å². The third kappa shape index (κ3) is 8.27. The fourth-order valence-electron chi connectivity index (χ4n) is 0.455. The van der Waals surface area contributed by atoms with Crippen LogP contribution in [0.25, 0.3) is 0 Å². The fourth-order valence-corrected chi connectivity index (χ4v) is 1.36. The van der Waals surface area contributed by atoms with Gasteiger partial charge in [0.2, 0.25) is 0 Å². The van der Waals surface area contributed by atoms with E-state index in [4.69, 9.17) is 11.5 Å². The fraction of sp³-hybridized carbons (Fsp3) is 1.00. The normalized spacial score (nSPS) is 13.7. The van der Waals surface area contributed by atoms with E-state index in [9.17, 15) is 0 Å². The summed E-state index contributed by atoms with van der Waals surface area (Å²) in [5, 5.41) is 0. The maximum atomic E-state index is 5.53. The van der Waals surface area contributed by atoms with Gasteiger partial charge in [-0.2, -0.15) is 11.8 Å². The molecule has 0 spiro atoms. The zero-order valence-corrected chi connectivity index (χ0v) is 6.79. The summed E-state index contributed by atoms with van der Waals surface area (Å²) in [5.41, 5.74) is 10.8. The van der Waals surface area contributed by atoms with Crippen LogP contribution >= 0.6 is 11.8 Å². The molecule has 56 valence electrons. The van der Waals surface area contributed by atoms with Gasteiger partial charge >= 0.3 is 0 Å². The van der Waals surface area contributed by atoms with E-state index in [-0.39, 0.29) is 0 Å². The molecule has 3 heteroatoms. The minimum absolute atomic E-state index is 0.343. The van der Waals surface area contributed by atoms with Crippen molar-refractivity contribution >= 4 is 11.8 Å². The number of rotatable bonds is 5. The van der Waals surface area contributed by atoms with E-state index in [2.05, 4.69) is 0 Å². The van der Waals surface area contributed by atoms with Gasteiger partial charge in [0.25, 0.3) is 0 Å². The third-order valence-corrected chi connectivity index (χ3v) is 2.03. The average molecular weight is 148 g/mol. The van der Waals surface area contributed by atoms with Gasteiger partial charge in [-0.3, -0.25) is 0 Å². The van der Waals surface area contributed by atoms with Crippen LogP contribution in [0.5, 0.6) is 0 Å². The van der Waals surface area contributed by atoms with Crippen molar-refractivity contribution < 1.29 is 0 Å². The molecule has 0 aromatic heterocycles. The summed E-state index contributed by atoms with van der Waals surface area (Å²) in [6, 6.07) is 0.343. The molecule has 0 aliphatic heterocycles. The Balaban J connectivity index is 2.75. The van der Waals surface area contributed by atoms with Crippen LogP contribution in [0.2, 0.25) is 0 Å². The lowest BCUT2D eigenvalue weighted by atomic mass is 10.3. The van der Waals surface area contributed by atoms with E-state index < -0.39 is 0 Å². The van der Waals surface area contributed by atoms with Gasteiger partial charge in [-0.1, -0.05) is 0 Å². The molecule has 0 fully saturated rings. The van der Waals surface area contributed by atoms with Crippen LogP contribution in [-0.4, -0.2) is 24.1 Å². The molecule has 0 rings (SSSR count). The highest BCUT2D eigenvalue weighted by molar-refractivity contribution is 7.99. The van der Waals surface area contributed by atoms with E-state index in [1.165, 1.54) is 0 Å². The molecule has 0 heterocycles. The molecule has 9 heavy (non-hydrogen) atoms. The maximum absolute atomic E-state index is 5.53. The van der Waals surface area contributed by atoms with Crippen molar-refractivity contribution in [2.24, 2.45) is 11.5 Å². The van der Waals surface area contributed by atoms with Gasteiger partial charge in [0.15, 0.2) is 0 Å². The first kappa shape index (κ1) is 9.27. The van der Waals surface area contributed by atoms with Crippen molar-refractivity contribution in [3.63, 3.8) is 0 Å². The average Bonchev–Trinajstić information content (AvgIpc) is 1.80. The third-order valence-electron chi connectivity index (χ3n) is 0.980. The zero-order valence-electron chi connectivity index (χ0n) is 5.97. The summed E-state index contributed by atoms with van der Waals surface area (Å²) >= 11 is 1.88. The highest BCUT2D eigenvalue weighted by atomic mass is 32.2. The summed E-state index contributed by atoms with van der Waals surface area (Å²) in [6.45, 7) is 2.81. The first-order valence-corrected chi connectivity index (χ1v) is 4.46. The molecule has 0 radical (unpaired) electrons. The second-order valence-electron chi connectivity index (χ2n) is 2.17. The Labute approximate surface area is 61.4 Å². The van der Waals surface area contributed by atoms with Crippen LogP contribution in [0.3, 0.4) is 0 Å². The van der Waals surface area contributed by atoms with Gasteiger partial charge in [-0.05, 0) is 19.1 Å².